The van der Waals surface area contributed by atoms with Gasteiger partial charge in [0.25, 0.3) is 0 Å². The lowest BCUT2D eigenvalue weighted by molar-refractivity contribution is 0.0119. The summed E-state index contributed by atoms with van der Waals surface area (Å²) in [6.07, 6.45) is -1.49. The summed E-state index contributed by atoms with van der Waals surface area (Å²) >= 11 is 0. The van der Waals surface area contributed by atoms with Crippen molar-refractivity contribution < 1.29 is 15.3 Å². The Hall–Kier alpha value is -0.120. The molecule has 0 bridgehead atoms. The van der Waals surface area contributed by atoms with Gasteiger partial charge in [-0.3, -0.25) is 0 Å². The van der Waals surface area contributed by atoms with Crippen molar-refractivity contribution in [2.45, 2.75) is 25.6 Å². The second-order valence-electron chi connectivity index (χ2n) is 1.62. The maximum absolute atomic E-state index is 8.69. The number of aliphatic hydroxyl groups excluding tert-OH is 3. The lowest BCUT2D eigenvalue weighted by Gasteiger charge is -2.11. The maximum Gasteiger partial charge on any atom is 0.111 e. The molecule has 0 aliphatic heterocycles. The molecule has 0 aliphatic carbocycles. The average molecular weight is 119 g/mol. The minimum atomic E-state index is -1.10. The van der Waals surface area contributed by atoms with Crippen molar-refractivity contribution in [3.63, 3.8) is 0 Å². The van der Waals surface area contributed by atoms with Crippen molar-refractivity contribution in [3.8, 4) is 0 Å². The highest BCUT2D eigenvalue weighted by Gasteiger charge is 2.11. The first-order valence-electron chi connectivity index (χ1n) is 2.56. The summed E-state index contributed by atoms with van der Waals surface area (Å²) in [7, 11) is 0. The van der Waals surface area contributed by atoms with Gasteiger partial charge in [-0.15, -0.1) is 0 Å². The molecule has 3 heteroatoms. The van der Waals surface area contributed by atoms with Gasteiger partial charge in [0.05, 0.1) is 6.10 Å². The molecular weight excluding hydrogens is 108 g/mol. The topological polar surface area (TPSA) is 60.7 Å². The van der Waals surface area contributed by atoms with Gasteiger partial charge in [0.15, 0.2) is 0 Å². The first-order valence-corrected chi connectivity index (χ1v) is 2.56. The zero-order valence-electron chi connectivity index (χ0n) is 4.78. The van der Waals surface area contributed by atoms with E-state index >= 15 is 0 Å². The molecule has 0 amide bonds. The fourth-order valence-corrected chi connectivity index (χ4v) is 0.341. The Morgan fingerprint density at radius 1 is 1.50 bits per heavy atom. The van der Waals surface area contributed by atoms with E-state index in [0.717, 1.165) is 0 Å². The number of hydrogen-bond acceptors (Lipinski definition) is 3. The Labute approximate surface area is 48.6 Å². The average Bonchev–Trinajstić information content (AvgIpc) is 1.84. The molecular formula is C5H11O3. The third-order valence-electron chi connectivity index (χ3n) is 0.965. The molecule has 8 heavy (non-hydrogen) atoms. The molecule has 0 heterocycles. The highest BCUT2D eigenvalue weighted by atomic mass is 16.4. The zero-order chi connectivity index (χ0) is 6.57. The van der Waals surface area contributed by atoms with Crippen LogP contribution >= 0.6 is 0 Å². The Morgan fingerprint density at radius 3 is 2.12 bits per heavy atom. The highest BCUT2D eigenvalue weighted by Crippen LogP contribution is 1.98. The summed E-state index contributed by atoms with van der Waals surface area (Å²) < 4.78 is 0. The van der Waals surface area contributed by atoms with Crippen LogP contribution in [0.5, 0.6) is 0 Å². The van der Waals surface area contributed by atoms with E-state index in [1.807, 2.05) is 0 Å². The predicted molar refractivity (Wildman–Crippen MR) is 28.5 cm³/mol. The van der Waals surface area contributed by atoms with E-state index in [-0.39, 0.29) is 0 Å². The SMILES string of the molecule is CCC(O)C(O)[CH]O. The third-order valence-corrected chi connectivity index (χ3v) is 0.965. The summed E-state index contributed by atoms with van der Waals surface area (Å²) in [5, 5.41) is 25.4. The summed E-state index contributed by atoms with van der Waals surface area (Å²) in [4.78, 5) is 0. The Bertz CT molecular complexity index is 47.6. The molecule has 0 saturated heterocycles. The van der Waals surface area contributed by atoms with Crippen molar-refractivity contribution in [1.29, 1.82) is 0 Å². The van der Waals surface area contributed by atoms with E-state index in [1.54, 1.807) is 6.92 Å². The first kappa shape index (κ1) is 7.88. The van der Waals surface area contributed by atoms with Gasteiger partial charge in [-0.25, -0.2) is 0 Å². The van der Waals surface area contributed by atoms with Crippen LogP contribution in [0.2, 0.25) is 0 Å². The van der Waals surface area contributed by atoms with Gasteiger partial charge in [0.2, 0.25) is 0 Å². The van der Waals surface area contributed by atoms with Gasteiger partial charge in [0, 0.05) is 0 Å². The van der Waals surface area contributed by atoms with Crippen molar-refractivity contribution in [3.05, 3.63) is 6.61 Å². The number of aliphatic hydroxyl groups is 3. The monoisotopic (exact) mass is 119 g/mol. The summed E-state index contributed by atoms with van der Waals surface area (Å²) in [6, 6.07) is 0. The van der Waals surface area contributed by atoms with Gasteiger partial charge in [-0.05, 0) is 6.42 Å². The lowest BCUT2D eigenvalue weighted by atomic mass is 10.2. The van der Waals surface area contributed by atoms with Crippen LogP contribution in [0, 0.1) is 6.61 Å². The van der Waals surface area contributed by atoms with Crippen LogP contribution < -0.4 is 0 Å². The van der Waals surface area contributed by atoms with Crippen LogP contribution in [0.25, 0.3) is 0 Å². The molecule has 3 N–H and O–H groups in total. The fraction of sp³-hybridized carbons (Fsp3) is 0.800. The standard InChI is InChI=1S/C5H11O3/c1-2-4(7)5(8)3-6/h3-8H,2H2,1H3. The van der Waals surface area contributed by atoms with Crippen LogP contribution in [-0.4, -0.2) is 27.5 Å². The van der Waals surface area contributed by atoms with E-state index in [9.17, 15) is 0 Å². The molecule has 0 spiro atoms. The molecule has 49 valence electrons. The molecule has 0 aromatic heterocycles. The van der Waals surface area contributed by atoms with Crippen LogP contribution in [0.15, 0.2) is 0 Å². The molecule has 0 aliphatic rings. The van der Waals surface area contributed by atoms with E-state index in [1.165, 1.54) is 0 Å². The predicted octanol–water partition coefficient (Wildman–Crippen LogP) is -0.348. The first-order chi connectivity index (χ1) is 3.72. The van der Waals surface area contributed by atoms with Crippen molar-refractivity contribution in [1.82, 2.24) is 0 Å². The van der Waals surface area contributed by atoms with Crippen molar-refractivity contribution in [2.24, 2.45) is 0 Å². The molecule has 2 atom stereocenters. The quantitative estimate of drug-likeness (QED) is 0.476. The largest absolute Gasteiger partial charge is 0.390 e. The van der Waals surface area contributed by atoms with Gasteiger partial charge in [-0.2, -0.15) is 0 Å². The second-order valence-corrected chi connectivity index (χ2v) is 1.62. The zero-order valence-corrected chi connectivity index (χ0v) is 4.78. The molecule has 0 rings (SSSR count). The third kappa shape index (κ3) is 2.26. The van der Waals surface area contributed by atoms with E-state index in [4.69, 9.17) is 15.3 Å². The van der Waals surface area contributed by atoms with Crippen molar-refractivity contribution in [2.75, 3.05) is 0 Å². The van der Waals surface area contributed by atoms with Crippen molar-refractivity contribution >= 4 is 0 Å². The van der Waals surface area contributed by atoms with E-state index in [2.05, 4.69) is 0 Å². The van der Waals surface area contributed by atoms with Crippen LogP contribution in [-0.2, 0) is 0 Å². The minimum Gasteiger partial charge on any atom is -0.390 e. The highest BCUT2D eigenvalue weighted by molar-refractivity contribution is 4.70. The molecule has 1 radical (unpaired) electrons. The minimum absolute atomic E-state index is 0.443. The Morgan fingerprint density at radius 2 is 2.00 bits per heavy atom. The normalized spacial score (nSPS) is 18.0. The smallest absolute Gasteiger partial charge is 0.111 e. The molecule has 0 fully saturated rings. The molecule has 0 saturated carbocycles. The van der Waals surface area contributed by atoms with E-state index < -0.39 is 12.2 Å². The van der Waals surface area contributed by atoms with Gasteiger partial charge in [-0.1, -0.05) is 6.92 Å². The number of hydrogen-bond donors (Lipinski definition) is 3. The molecule has 2 unspecified atom stereocenters. The summed E-state index contributed by atoms with van der Waals surface area (Å²) in [5.74, 6) is 0. The van der Waals surface area contributed by atoms with E-state index in [0.29, 0.717) is 13.0 Å². The molecule has 3 nitrogen and oxygen atoms in total. The van der Waals surface area contributed by atoms with Gasteiger partial charge >= 0.3 is 0 Å². The maximum atomic E-state index is 8.69. The molecule has 0 aromatic rings. The van der Waals surface area contributed by atoms with Crippen LogP contribution in [0.4, 0.5) is 0 Å². The van der Waals surface area contributed by atoms with Crippen LogP contribution in [0.1, 0.15) is 13.3 Å². The fourth-order valence-electron chi connectivity index (χ4n) is 0.341. The number of rotatable bonds is 3. The molecule has 0 aromatic carbocycles. The summed E-state index contributed by atoms with van der Waals surface area (Å²) in [5.41, 5.74) is 0. The van der Waals surface area contributed by atoms with Gasteiger partial charge < -0.3 is 15.3 Å². The lowest BCUT2D eigenvalue weighted by Crippen LogP contribution is -2.24. The van der Waals surface area contributed by atoms with Gasteiger partial charge in [0.1, 0.15) is 12.7 Å². The second kappa shape index (κ2) is 3.83. The Balaban J connectivity index is 3.29. The summed E-state index contributed by atoms with van der Waals surface area (Å²) in [6.45, 7) is 2.30. The Kier molecular flexibility index (Phi) is 3.77. The van der Waals surface area contributed by atoms with Crippen LogP contribution in [0.3, 0.4) is 0 Å².